The quantitative estimate of drug-likeness (QED) is 0.159. The third kappa shape index (κ3) is 4.14. The standard InChI is InChI=1S/C39H38O4Si/c1-38(2,3)32-22-34-36(37-30(32)19-25(42-5)21-35(37)43-44(6)7)29-18-16-24(41-4)20-33(29)39(34,40)31-14-10-13-27-26-12-9-8-11-23(26)15-17-28(27)31/h8-22,40,44H,1-7H3. The first-order valence-corrected chi connectivity index (χ1v) is 18.0. The molecule has 0 amide bonds. The fraction of sp³-hybridized carbons (Fsp3) is 0.231. The van der Waals surface area contributed by atoms with Crippen molar-refractivity contribution in [2.75, 3.05) is 14.2 Å². The molecule has 0 radical (unpaired) electrons. The van der Waals surface area contributed by atoms with Crippen LogP contribution in [0.3, 0.4) is 0 Å². The van der Waals surface area contributed by atoms with Gasteiger partial charge in [-0.15, -0.1) is 0 Å². The molecule has 1 atom stereocenters. The van der Waals surface area contributed by atoms with E-state index in [1.54, 1.807) is 14.2 Å². The highest BCUT2D eigenvalue weighted by atomic mass is 28.3. The second-order valence-electron chi connectivity index (χ2n) is 13.1. The van der Waals surface area contributed by atoms with Crippen LogP contribution in [-0.2, 0) is 11.0 Å². The Morgan fingerprint density at radius 2 is 1.41 bits per heavy atom. The summed E-state index contributed by atoms with van der Waals surface area (Å²) >= 11 is 0. The van der Waals surface area contributed by atoms with Gasteiger partial charge in [0.05, 0.1) is 14.2 Å². The Balaban J connectivity index is 1.68. The lowest BCUT2D eigenvalue weighted by molar-refractivity contribution is 0.132. The number of ether oxygens (including phenoxy) is 2. The number of methoxy groups -OCH3 is 2. The average Bonchev–Trinajstić information content (AvgIpc) is 3.27. The van der Waals surface area contributed by atoms with Gasteiger partial charge in [0.2, 0.25) is 9.04 Å². The van der Waals surface area contributed by atoms with E-state index in [4.69, 9.17) is 13.9 Å². The van der Waals surface area contributed by atoms with Crippen LogP contribution < -0.4 is 13.9 Å². The summed E-state index contributed by atoms with van der Waals surface area (Å²) < 4.78 is 18.2. The molecule has 44 heavy (non-hydrogen) atoms. The first-order valence-electron chi connectivity index (χ1n) is 15.2. The fourth-order valence-corrected chi connectivity index (χ4v) is 7.79. The van der Waals surface area contributed by atoms with E-state index in [1.807, 2.05) is 18.2 Å². The molecular formula is C39H38O4Si. The van der Waals surface area contributed by atoms with Gasteiger partial charge in [-0.3, -0.25) is 0 Å². The minimum Gasteiger partial charge on any atom is -0.546 e. The van der Waals surface area contributed by atoms with Gasteiger partial charge in [-0.05, 0) is 74.8 Å². The minimum atomic E-state index is -1.51. The maximum absolute atomic E-state index is 13.5. The van der Waals surface area contributed by atoms with E-state index in [0.717, 1.165) is 71.8 Å². The minimum absolute atomic E-state index is 0.228. The van der Waals surface area contributed by atoms with E-state index in [0.29, 0.717) is 5.75 Å². The summed E-state index contributed by atoms with van der Waals surface area (Å²) in [6, 6.07) is 31.4. The smallest absolute Gasteiger partial charge is 0.229 e. The van der Waals surface area contributed by atoms with Crippen molar-refractivity contribution in [3.8, 4) is 28.4 Å². The number of rotatable bonds is 5. The second-order valence-corrected chi connectivity index (χ2v) is 15.5. The normalized spacial score (nSPS) is 16.0. The second kappa shape index (κ2) is 10.1. The van der Waals surface area contributed by atoms with E-state index < -0.39 is 14.6 Å². The van der Waals surface area contributed by atoms with Crippen LogP contribution in [0.4, 0.5) is 0 Å². The Bertz CT molecular complexity index is 2110. The number of benzene rings is 6. The largest absolute Gasteiger partial charge is 0.546 e. The topological polar surface area (TPSA) is 47.9 Å². The van der Waals surface area contributed by atoms with Crippen LogP contribution in [0.1, 0.15) is 43.0 Å². The predicted molar refractivity (Wildman–Crippen MR) is 184 cm³/mol. The van der Waals surface area contributed by atoms with E-state index in [9.17, 15) is 5.11 Å². The molecule has 6 aromatic carbocycles. The molecule has 0 saturated carbocycles. The maximum Gasteiger partial charge on any atom is 0.229 e. The van der Waals surface area contributed by atoms with Gasteiger partial charge < -0.3 is 19.0 Å². The summed E-state index contributed by atoms with van der Waals surface area (Å²) in [4.78, 5) is 0. The Hall–Kier alpha value is -4.32. The Kier molecular flexibility index (Phi) is 6.54. The van der Waals surface area contributed by atoms with Crippen molar-refractivity contribution in [2.24, 2.45) is 0 Å². The van der Waals surface area contributed by atoms with Crippen molar-refractivity contribution in [1.29, 1.82) is 0 Å². The van der Waals surface area contributed by atoms with Crippen molar-refractivity contribution in [3.63, 3.8) is 0 Å². The Morgan fingerprint density at radius 1 is 0.659 bits per heavy atom. The number of hydrogen-bond donors (Lipinski definition) is 1. The molecule has 0 heterocycles. The zero-order valence-electron chi connectivity index (χ0n) is 26.4. The van der Waals surface area contributed by atoms with Crippen LogP contribution >= 0.6 is 0 Å². The molecular weight excluding hydrogens is 561 g/mol. The summed E-state index contributed by atoms with van der Waals surface area (Å²) in [7, 11) is 1.86. The third-order valence-electron chi connectivity index (χ3n) is 9.03. The van der Waals surface area contributed by atoms with Crippen molar-refractivity contribution >= 4 is 41.4 Å². The lowest BCUT2D eigenvalue weighted by Crippen LogP contribution is -2.27. The van der Waals surface area contributed by atoms with Gasteiger partial charge in [0.15, 0.2) is 0 Å². The molecule has 0 aliphatic heterocycles. The first-order chi connectivity index (χ1) is 21.1. The van der Waals surface area contributed by atoms with Crippen LogP contribution in [0.25, 0.3) is 43.4 Å². The van der Waals surface area contributed by atoms with E-state index >= 15 is 0 Å². The molecule has 0 fully saturated rings. The van der Waals surface area contributed by atoms with Gasteiger partial charge in [-0.1, -0.05) is 87.5 Å². The zero-order valence-corrected chi connectivity index (χ0v) is 27.6. The monoisotopic (exact) mass is 598 g/mol. The molecule has 7 rings (SSSR count). The van der Waals surface area contributed by atoms with Crippen molar-refractivity contribution in [3.05, 3.63) is 113 Å². The van der Waals surface area contributed by atoms with Gasteiger partial charge in [-0.2, -0.15) is 0 Å². The van der Waals surface area contributed by atoms with Crippen molar-refractivity contribution < 1.29 is 19.0 Å². The molecule has 1 N–H and O–H groups in total. The van der Waals surface area contributed by atoms with Gasteiger partial charge in [0.1, 0.15) is 22.8 Å². The molecule has 0 aromatic heterocycles. The summed E-state index contributed by atoms with van der Waals surface area (Å²) in [5, 5.41) is 20.0. The third-order valence-corrected chi connectivity index (χ3v) is 9.76. The molecule has 0 saturated heterocycles. The molecule has 1 aliphatic carbocycles. The molecule has 0 spiro atoms. The Morgan fingerprint density at radius 3 is 2.14 bits per heavy atom. The molecule has 4 nitrogen and oxygen atoms in total. The van der Waals surface area contributed by atoms with E-state index in [2.05, 4.69) is 107 Å². The summed E-state index contributed by atoms with van der Waals surface area (Å²) in [5.74, 6) is 2.27. The van der Waals surface area contributed by atoms with E-state index in [-0.39, 0.29) is 5.41 Å². The van der Waals surface area contributed by atoms with Gasteiger partial charge in [-0.25, -0.2) is 0 Å². The lowest BCUT2D eigenvalue weighted by atomic mass is 9.76. The molecule has 5 heteroatoms. The highest BCUT2D eigenvalue weighted by molar-refractivity contribution is 6.49. The van der Waals surface area contributed by atoms with Crippen LogP contribution in [0.15, 0.2) is 91.0 Å². The van der Waals surface area contributed by atoms with Crippen LogP contribution in [0.2, 0.25) is 13.1 Å². The van der Waals surface area contributed by atoms with Crippen LogP contribution in [0.5, 0.6) is 17.2 Å². The van der Waals surface area contributed by atoms with Crippen LogP contribution in [0, 0.1) is 0 Å². The van der Waals surface area contributed by atoms with Gasteiger partial charge >= 0.3 is 0 Å². The summed E-state index contributed by atoms with van der Waals surface area (Å²) in [5.41, 5.74) is 3.95. The lowest BCUT2D eigenvalue weighted by Gasteiger charge is -2.31. The summed E-state index contributed by atoms with van der Waals surface area (Å²) in [6.45, 7) is 11.0. The molecule has 1 unspecified atom stereocenters. The van der Waals surface area contributed by atoms with Gasteiger partial charge in [0, 0.05) is 33.7 Å². The first kappa shape index (κ1) is 28.4. The van der Waals surface area contributed by atoms with Crippen LogP contribution in [-0.4, -0.2) is 28.4 Å². The molecule has 222 valence electrons. The van der Waals surface area contributed by atoms with Crippen molar-refractivity contribution in [1.82, 2.24) is 0 Å². The Labute approximate surface area is 260 Å². The average molecular weight is 599 g/mol. The molecule has 6 aromatic rings. The number of fused-ring (bicyclic) bond motifs is 8. The highest BCUT2D eigenvalue weighted by Gasteiger charge is 2.46. The fourth-order valence-electron chi connectivity index (χ4n) is 7.10. The van der Waals surface area contributed by atoms with Gasteiger partial charge in [0.25, 0.3) is 0 Å². The molecule has 1 aliphatic rings. The predicted octanol–water partition coefficient (Wildman–Crippen LogP) is 9.09. The SMILES string of the molecule is COc1ccc2c(c1)C(O)(c1cccc3c1ccc1ccccc13)c1cc(C(C)(C)C)c3cc(OC)cc(O[SiH](C)C)c3c1-2. The maximum atomic E-state index is 13.5. The number of hydrogen-bond acceptors (Lipinski definition) is 4. The zero-order chi connectivity index (χ0) is 31.0. The highest BCUT2D eigenvalue weighted by Crippen LogP contribution is 2.58. The van der Waals surface area contributed by atoms with E-state index in [1.165, 1.54) is 5.39 Å². The number of aliphatic hydroxyl groups is 1. The molecule has 0 bridgehead atoms. The summed E-state index contributed by atoms with van der Waals surface area (Å²) in [6.07, 6.45) is 0. The van der Waals surface area contributed by atoms with Crippen molar-refractivity contribution in [2.45, 2.75) is 44.9 Å².